The summed E-state index contributed by atoms with van der Waals surface area (Å²) in [5.41, 5.74) is 0.239. The standard InChI is InChI=1S/C29H31ClF3N3O5/c1-3-22-14-23(15-24(36(22)28(38)39)12-18-8-6-5-7-9-18)35(27-34-25(17-41-27)26(37)40-4-2)16-19-10-20(29(31,32)33)13-21(30)11-19/h5-11,13,17,22-24H,3-4,12,14-16H2,1-2H3,(H,38,39). The lowest BCUT2D eigenvalue weighted by molar-refractivity contribution is -0.137. The topological polar surface area (TPSA) is 96.1 Å². The summed E-state index contributed by atoms with van der Waals surface area (Å²) in [6, 6.07) is 11.6. The molecule has 1 aromatic heterocycles. The molecule has 12 heteroatoms. The maximum atomic E-state index is 13.6. The molecule has 0 aliphatic carbocycles. The molecule has 0 spiro atoms. The number of carboxylic acid groups (broad SMARTS) is 1. The number of alkyl halides is 3. The maximum absolute atomic E-state index is 13.6. The van der Waals surface area contributed by atoms with Gasteiger partial charge in [0.05, 0.1) is 12.2 Å². The zero-order valence-electron chi connectivity index (χ0n) is 22.6. The monoisotopic (exact) mass is 593 g/mol. The highest BCUT2D eigenvalue weighted by Gasteiger charge is 2.41. The van der Waals surface area contributed by atoms with Gasteiger partial charge in [0.15, 0.2) is 5.69 Å². The molecule has 4 rings (SSSR count). The Balaban J connectivity index is 1.74. The van der Waals surface area contributed by atoms with E-state index in [0.29, 0.717) is 25.7 Å². The second kappa shape index (κ2) is 12.8. The molecular formula is C29H31ClF3N3O5. The highest BCUT2D eigenvalue weighted by molar-refractivity contribution is 6.30. The van der Waals surface area contributed by atoms with Gasteiger partial charge in [-0.1, -0.05) is 48.9 Å². The maximum Gasteiger partial charge on any atom is 0.416 e. The number of carbonyl (C=O) groups excluding carboxylic acids is 1. The van der Waals surface area contributed by atoms with Gasteiger partial charge in [-0.2, -0.15) is 18.2 Å². The first-order valence-electron chi connectivity index (χ1n) is 13.3. The second-order valence-corrected chi connectivity index (χ2v) is 10.4. The fourth-order valence-electron chi connectivity index (χ4n) is 5.40. The van der Waals surface area contributed by atoms with Crippen LogP contribution in [-0.4, -0.2) is 51.8 Å². The van der Waals surface area contributed by atoms with Crippen LogP contribution in [0.1, 0.15) is 60.3 Å². The van der Waals surface area contributed by atoms with Gasteiger partial charge in [0.1, 0.15) is 6.26 Å². The van der Waals surface area contributed by atoms with E-state index in [2.05, 4.69) is 4.98 Å². The zero-order valence-corrected chi connectivity index (χ0v) is 23.4. The van der Waals surface area contributed by atoms with Crippen molar-refractivity contribution >= 4 is 29.7 Å². The molecule has 2 heterocycles. The van der Waals surface area contributed by atoms with Crippen molar-refractivity contribution < 1.29 is 37.0 Å². The molecule has 3 aromatic rings. The largest absolute Gasteiger partial charge is 0.465 e. The van der Waals surface area contributed by atoms with Crippen LogP contribution in [0.4, 0.5) is 24.0 Å². The normalized spacial score (nSPS) is 19.2. The number of rotatable bonds is 9. The smallest absolute Gasteiger partial charge is 0.416 e. The van der Waals surface area contributed by atoms with E-state index in [-0.39, 0.29) is 47.5 Å². The van der Waals surface area contributed by atoms with Gasteiger partial charge >= 0.3 is 18.2 Å². The molecule has 2 aromatic carbocycles. The van der Waals surface area contributed by atoms with Crippen molar-refractivity contribution in [3.8, 4) is 0 Å². The van der Waals surface area contributed by atoms with Crippen LogP contribution < -0.4 is 4.90 Å². The van der Waals surface area contributed by atoms with Crippen LogP contribution in [-0.2, 0) is 23.9 Å². The lowest BCUT2D eigenvalue weighted by Gasteiger charge is -2.46. The predicted molar refractivity (Wildman–Crippen MR) is 146 cm³/mol. The number of nitrogens with zero attached hydrogens (tertiary/aromatic N) is 3. The third-order valence-corrected chi connectivity index (χ3v) is 7.40. The average molecular weight is 594 g/mol. The summed E-state index contributed by atoms with van der Waals surface area (Å²) in [6.45, 7) is 3.60. The third kappa shape index (κ3) is 7.32. The number of likely N-dealkylation sites (tertiary alicyclic amines) is 1. The minimum Gasteiger partial charge on any atom is -0.465 e. The zero-order chi connectivity index (χ0) is 29.7. The number of benzene rings is 2. The Kier molecular flexibility index (Phi) is 9.47. The molecule has 1 amide bonds. The van der Waals surface area contributed by atoms with Crippen LogP contribution in [0.2, 0.25) is 5.02 Å². The molecule has 0 bridgehead atoms. The number of esters is 1. The van der Waals surface area contributed by atoms with Crippen molar-refractivity contribution in [1.29, 1.82) is 0 Å². The molecule has 1 fully saturated rings. The van der Waals surface area contributed by atoms with E-state index < -0.39 is 29.8 Å². The highest BCUT2D eigenvalue weighted by atomic mass is 35.5. The molecule has 220 valence electrons. The number of oxazole rings is 1. The van der Waals surface area contributed by atoms with E-state index in [9.17, 15) is 27.9 Å². The number of anilines is 1. The number of ether oxygens (including phenoxy) is 1. The SMILES string of the molecule is CCOC(=O)c1coc(N(Cc2cc(Cl)cc(C(F)(F)F)c2)C2CC(CC)N(C(=O)O)C(Cc3ccccc3)C2)n1. The van der Waals surface area contributed by atoms with Gasteiger partial charge in [-0.05, 0) is 61.9 Å². The Labute approximate surface area is 240 Å². The molecule has 1 aliphatic heterocycles. The second-order valence-electron chi connectivity index (χ2n) is 9.93. The molecule has 1 aliphatic rings. The van der Waals surface area contributed by atoms with Crippen molar-refractivity contribution in [3.63, 3.8) is 0 Å². The first-order chi connectivity index (χ1) is 19.5. The van der Waals surface area contributed by atoms with Crippen molar-refractivity contribution in [1.82, 2.24) is 9.88 Å². The van der Waals surface area contributed by atoms with Crippen molar-refractivity contribution in [2.24, 2.45) is 0 Å². The van der Waals surface area contributed by atoms with Gasteiger partial charge < -0.3 is 24.1 Å². The molecule has 3 atom stereocenters. The Bertz CT molecular complexity index is 1350. The minimum absolute atomic E-state index is 0.0173. The molecule has 1 saturated heterocycles. The minimum atomic E-state index is -4.61. The van der Waals surface area contributed by atoms with Gasteiger partial charge in [0.2, 0.25) is 0 Å². The average Bonchev–Trinajstić information content (AvgIpc) is 3.41. The van der Waals surface area contributed by atoms with E-state index in [1.54, 1.807) is 11.8 Å². The Hall–Kier alpha value is -3.73. The van der Waals surface area contributed by atoms with Crippen LogP contribution in [0, 0.1) is 0 Å². The summed E-state index contributed by atoms with van der Waals surface area (Å²) in [6.07, 6.45) is -2.80. The lowest BCUT2D eigenvalue weighted by atomic mass is 9.86. The van der Waals surface area contributed by atoms with E-state index >= 15 is 0 Å². The number of aromatic nitrogens is 1. The first kappa shape index (κ1) is 30.2. The number of hydrogen-bond acceptors (Lipinski definition) is 6. The number of halogens is 4. The summed E-state index contributed by atoms with van der Waals surface area (Å²) < 4.78 is 51.4. The third-order valence-electron chi connectivity index (χ3n) is 7.18. The Morgan fingerprint density at radius 2 is 1.83 bits per heavy atom. The fourth-order valence-corrected chi connectivity index (χ4v) is 5.66. The highest BCUT2D eigenvalue weighted by Crippen LogP contribution is 2.36. The van der Waals surface area contributed by atoms with Crippen LogP contribution >= 0.6 is 11.6 Å². The molecule has 3 unspecified atom stereocenters. The van der Waals surface area contributed by atoms with Gasteiger partial charge in [-0.3, -0.25) is 0 Å². The molecule has 0 radical (unpaired) electrons. The van der Waals surface area contributed by atoms with E-state index in [1.807, 2.05) is 37.3 Å². The Morgan fingerprint density at radius 3 is 2.46 bits per heavy atom. The number of hydrogen-bond donors (Lipinski definition) is 1. The van der Waals surface area contributed by atoms with E-state index in [1.165, 1.54) is 11.0 Å². The van der Waals surface area contributed by atoms with Gasteiger partial charge in [0, 0.05) is 29.7 Å². The van der Waals surface area contributed by atoms with Crippen molar-refractivity contribution in [2.75, 3.05) is 11.5 Å². The summed E-state index contributed by atoms with van der Waals surface area (Å²) in [7, 11) is 0. The van der Waals surface area contributed by atoms with Gasteiger partial charge in [0.25, 0.3) is 6.01 Å². The Morgan fingerprint density at radius 1 is 1.12 bits per heavy atom. The van der Waals surface area contributed by atoms with Crippen LogP contribution in [0.3, 0.4) is 0 Å². The van der Waals surface area contributed by atoms with E-state index in [4.69, 9.17) is 20.8 Å². The fraction of sp³-hybridized carbons (Fsp3) is 0.414. The predicted octanol–water partition coefficient (Wildman–Crippen LogP) is 7.06. The van der Waals surface area contributed by atoms with Gasteiger partial charge in [-0.25, -0.2) is 9.59 Å². The molecule has 8 nitrogen and oxygen atoms in total. The molecule has 1 N–H and O–H groups in total. The number of amides is 1. The summed E-state index contributed by atoms with van der Waals surface area (Å²) >= 11 is 6.07. The van der Waals surface area contributed by atoms with Crippen LogP contribution in [0.15, 0.2) is 59.2 Å². The summed E-state index contributed by atoms with van der Waals surface area (Å²) in [5.74, 6) is -0.696. The van der Waals surface area contributed by atoms with Crippen LogP contribution in [0.25, 0.3) is 0 Å². The van der Waals surface area contributed by atoms with Crippen molar-refractivity contribution in [2.45, 2.75) is 70.4 Å². The van der Waals surface area contributed by atoms with Crippen LogP contribution in [0.5, 0.6) is 0 Å². The summed E-state index contributed by atoms with van der Waals surface area (Å²) in [4.78, 5) is 32.2. The van der Waals surface area contributed by atoms with Gasteiger partial charge in [-0.15, -0.1) is 0 Å². The first-order valence-corrected chi connectivity index (χ1v) is 13.7. The quantitative estimate of drug-likeness (QED) is 0.265. The van der Waals surface area contributed by atoms with E-state index in [0.717, 1.165) is 24.0 Å². The summed E-state index contributed by atoms with van der Waals surface area (Å²) in [5, 5.41) is 10.0. The van der Waals surface area contributed by atoms with Crippen molar-refractivity contribution in [3.05, 3.63) is 82.2 Å². The lowest BCUT2D eigenvalue weighted by Crippen LogP contribution is -2.57. The molecular weight excluding hydrogens is 563 g/mol. The number of carbonyl (C=O) groups is 2. The molecule has 0 saturated carbocycles. The number of piperidine rings is 1. The molecule has 41 heavy (non-hydrogen) atoms.